The summed E-state index contributed by atoms with van der Waals surface area (Å²) in [6.45, 7) is -0.439. The van der Waals surface area contributed by atoms with Gasteiger partial charge in [-0.3, -0.25) is 4.79 Å². The Labute approximate surface area is 146 Å². The summed E-state index contributed by atoms with van der Waals surface area (Å²) in [4.78, 5) is 34.5. The normalized spacial score (nSPS) is 11.4. The van der Waals surface area contributed by atoms with E-state index in [0.29, 0.717) is 17.9 Å². The van der Waals surface area contributed by atoms with Gasteiger partial charge in [0.25, 0.3) is 5.91 Å². The summed E-state index contributed by atoms with van der Waals surface area (Å²) >= 11 is 4.81. The van der Waals surface area contributed by atoms with Crippen LogP contribution in [0, 0.1) is 0 Å². The van der Waals surface area contributed by atoms with Crippen LogP contribution in [-0.2, 0) is 14.3 Å². The van der Waals surface area contributed by atoms with E-state index < -0.39 is 30.6 Å². The lowest BCUT2D eigenvalue weighted by atomic mass is 10.2. The Kier molecular flexibility index (Phi) is 8.49. The van der Waals surface area contributed by atoms with Gasteiger partial charge in [0.1, 0.15) is 6.04 Å². The number of hydrogen-bond acceptors (Lipinski definition) is 5. The van der Waals surface area contributed by atoms with Crippen LogP contribution in [0.5, 0.6) is 0 Å². The lowest BCUT2D eigenvalue weighted by Gasteiger charge is -2.15. The largest absolute Gasteiger partial charge is 0.454 e. The van der Waals surface area contributed by atoms with Gasteiger partial charge in [-0.05, 0) is 42.7 Å². The monoisotopic (exact) mass is 403 g/mol. The Balaban J connectivity index is 2.46. The van der Waals surface area contributed by atoms with Crippen molar-refractivity contribution in [1.82, 2.24) is 5.32 Å². The fourth-order valence-corrected chi connectivity index (χ4v) is 2.36. The van der Waals surface area contributed by atoms with Gasteiger partial charge in [0.05, 0.1) is 0 Å². The zero-order valence-electron chi connectivity index (χ0n) is 12.5. The number of urea groups is 1. The van der Waals surface area contributed by atoms with Crippen LogP contribution < -0.4 is 16.4 Å². The molecular formula is C14H18BrN3O4S. The molecule has 0 aromatic heterocycles. The lowest BCUT2D eigenvalue weighted by molar-refractivity contribution is -0.149. The van der Waals surface area contributed by atoms with E-state index in [1.807, 2.05) is 6.26 Å². The Morgan fingerprint density at radius 2 is 1.96 bits per heavy atom. The molecule has 0 aliphatic heterocycles. The standard InChI is InChI=1S/C14H18BrN3O4S/c1-23-7-6-11(18-14(16)21)13(20)22-8-12(19)17-10-4-2-9(15)3-5-10/h2-5,11H,6-8H2,1H3,(H,17,19)(H3,16,18,21)/t11-/m1/s1. The molecule has 0 unspecified atom stereocenters. The number of hydrogen-bond donors (Lipinski definition) is 3. The van der Waals surface area contributed by atoms with Gasteiger partial charge in [0.2, 0.25) is 0 Å². The molecule has 0 saturated carbocycles. The molecule has 23 heavy (non-hydrogen) atoms. The van der Waals surface area contributed by atoms with Crippen molar-refractivity contribution in [3.8, 4) is 0 Å². The Hall–Kier alpha value is -1.74. The smallest absolute Gasteiger partial charge is 0.329 e. The molecule has 1 atom stereocenters. The predicted molar refractivity (Wildman–Crippen MR) is 93.2 cm³/mol. The topological polar surface area (TPSA) is 111 Å². The van der Waals surface area contributed by atoms with E-state index >= 15 is 0 Å². The average Bonchev–Trinajstić information content (AvgIpc) is 2.51. The van der Waals surface area contributed by atoms with Crippen molar-refractivity contribution in [2.75, 3.05) is 23.9 Å². The number of carbonyl (C=O) groups excluding carboxylic acids is 3. The summed E-state index contributed by atoms with van der Waals surface area (Å²) in [6, 6.07) is 5.29. The second-order valence-electron chi connectivity index (χ2n) is 4.51. The molecule has 0 aliphatic carbocycles. The number of benzene rings is 1. The van der Waals surface area contributed by atoms with Crippen molar-refractivity contribution in [3.05, 3.63) is 28.7 Å². The molecule has 0 aliphatic rings. The maximum Gasteiger partial charge on any atom is 0.329 e. The van der Waals surface area contributed by atoms with E-state index in [2.05, 4.69) is 26.6 Å². The van der Waals surface area contributed by atoms with E-state index in [-0.39, 0.29) is 0 Å². The van der Waals surface area contributed by atoms with Crippen LogP contribution in [0.3, 0.4) is 0 Å². The molecule has 1 aromatic rings. The van der Waals surface area contributed by atoms with Crippen molar-refractivity contribution >= 4 is 51.3 Å². The SMILES string of the molecule is CSCC[C@@H](NC(N)=O)C(=O)OCC(=O)Nc1ccc(Br)cc1. The van der Waals surface area contributed by atoms with Gasteiger partial charge in [-0.2, -0.15) is 11.8 Å². The van der Waals surface area contributed by atoms with Gasteiger partial charge in [-0.25, -0.2) is 9.59 Å². The minimum absolute atomic E-state index is 0.372. The maximum absolute atomic E-state index is 11.9. The maximum atomic E-state index is 11.9. The van der Waals surface area contributed by atoms with Crippen LogP contribution in [0.2, 0.25) is 0 Å². The highest BCUT2D eigenvalue weighted by Crippen LogP contribution is 2.14. The van der Waals surface area contributed by atoms with Crippen LogP contribution in [0.15, 0.2) is 28.7 Å². The van der Waals surface area contributed by atoms with E-state index in [4.69, 9.17) is 10.5 Å². The minimum atomic E-state index is -0.861. The second-order valence-corrected chi connectivity index (χ2v) is 6.41. The molecule has 0 saturated heterocycles. The number of esters is 1. The summed E-state index contributed by atoms with van der Waals surface area (Å²) in [6.07, 6.45) is 2.25. The number of ether oxygens (including phenoxy) is 1. The molecule has 1 aromatic carbocycles. The highest BCUT2D eigenvalue weighted by Gasteiger charge is 2.21. The van der Waals surface area contributed by atoms with Gasteiger partial charge in [-0.1, -0.05) is 15.9 Å². The van der Waals surface area contributed by atoms with E-state index in [9.17, 15) is 14.4 Å². The van der Waals surface area contributed by atoms with Crippen LogP contribution in [0.1, 0.15) is 6.42 Å². The zero-order valence-corrected chi connectivity index (χ0v) is 14.9. The molecule has 0 heterocycles. The first-order valence-electron chi connectivity index (χ1n) is 6.69. The van der Waals surface area contributed by atoms with Gasteiger partial charge >= 0.3 is 12.0 Å². The second kappa shape index (κ2) is 10.1. The molecule has 0 radical (unpaired) electrons. The van der Waals surface area contributed by atoms with Crippen molar-refractivity contribution in [3.63, 3.8) is 0 Å². The summed E-state index contributed by atoms with van der Waals surface area (Å²) in [5.74, 6) is -0.516. The third-order valence-corrected chi connectivity index (χ3v) is 3.86. The number of nitrogens with two attached hydrogens (primary N) is 1. The number of amides is 3. The summed E-state index contributed by atoms with van der Waals surface area (Å²) in [5.41, 5.74) is 5.61. The predicted octanol–water partition coefficient (Wildman–Crippen LogP) is 1.72. The van der Waals surface area contributed by atoms with Crippen molar-refractivity contribution in [2.45, 2.75) is 12.5 Å². The molecular weight excluding hydrogens is 386 g/mol. The number of rotatable bonds is 8. The number of anilines is 1. The molecule has 3 amide bonds. The van der Waals surface area contributed by atoms with Gasteiger partial charge in [-0.15, -0.1) is 0 Å². The molecule has 126 valence electrons. The highest BCUT2D eigenvalue weighted by molar-refractivity contribution is 9.10. The number of primary amides is 1. The van der Waals surface area contributed by atoms with Crippen LogP contribution >= 0.6 is 27.7 Å². The molecule has 9 heteroatoms. The third-order valence-electron chi connectivity index (χ3n) is 2.69. The molecule has 4 N–H and O–H groups in total. The minimum Gasteiger partial charge on any atom is -0.454 e. The molecule has 1 rings (SSSR count). The highest BCUT2D eigenvalue weighted by atomic mass is 79.9. The summed E-state index contributed by atoms with van der Waals surface area (Å²) < 4.78 is 5.81. The molecule has 0 spiro atoms. The Morgan fingerprint density at radius 3 is 2.52 bits per heavy atom. The molecule has 7 nitrogen and oxygen atoms in total. The Bertz CT molecular complexity index is 553. The number of thioether (sulfide) groups is 1. The van der Waals surface area contributed by atoms with Gasteiger partial charge in [0.15, 0.2) is 6.61 Å². The van der Waals surface area contributed by atoms with Gasteiger partial charge in [0, 0.05) is 10.2 Å². The zero-order chi connectivity index (χ0) is 17.2. The van der Waals surface area contributed by atoms with Crippen LogP contribution in [0.25, 0.3) is 0 Å². The van der Waals surface area contributed by atoms with E-state index in [0.717, 1.165) is 4.47 Å². The average molecular weight is 404 g/mol. The summed E-state index contributed by atoms with van der Waals surface area (Å²) in [7, 11) is 0. The molecule has 0 fully saturated rings. The third kappa shape index (κ3) is 7.89. The van der Waals surface area contributed by atoms with Crippen molar-refractivity contribution < 1.29 is 19.1 Å². The number of carbonyl (C=O) groups is 3. The number of halogens is 1. The first-order valence-corrected chi connectivity index (χ1v) is 8.88. The van der Waals surface area contributed by atoms with E-state index in [1.54, 1.807) is 24.3 Å². The van der Waals surface area contributed by atoms with E-state index in [1.165, 1.54) is 11.8 Å². The first-order chi connectivity index (χ1) is 10.9. The van der Waals surface area contributed by atoms with Crippen molar-refractivity contribution in [1.29, 1.82) is 0 Å². The van der Waals surface area contributed by atoms with Gasteiger partial charge < -0.3 is 21.1 Å². The fraction of sp³-hybridized carbons (Fsp3) is 0.357. The number of nitrogens with one attached hydrogen (secondary N) is 2. The molecule has 0 bridgehead atoms. The lowest BCUT2D eigenvalue weighted by Crippen LogP contribution is -2.45. The Morgan fingerprint density at radius 1 is 1.30 bits per heavy atom. The quantitative estimate of drug-likeness (QED) is 0.572. The summed E-state index contributed by atoms with van der Waals surface area (Å²) in [5, 5.41) is 4.90. The first kappa shape index (κ1) is 19.3. The van der Waals surface area contributed by atoms with Crippen LogP contribution in [0.4, 0.5) is 10.5 Å². The van der Waals surface area contributed by atoms with Crippen LogP contribution in [-0.4, -0.2) is 42.6 Å². The van der Waals surface area contributed by atoms with Crippen molar-refractivity contribution in [2.24, 2.45) is 5.73 Å². The fourth-order valence-electron chi connectivity index (χ4n) is 1.62.